The number of hydrogen-bond donors (Lipinski definition) is 2. The smallest absolute Gasteiger partial charge is 0.343 e. The average molecular weight is 164 g/mol. The van der Waals surface area contributed by atoms with Gasteiger partial charge < -0.3 is 10.2 Å². The molecule has 0 radical (unpaired) electrons. The number of carboxylic acid groups (broad SMARTS) is 1. The molecule has 0 aliphatic rings. The number of thioether (sulfide) groups is 1. The van der Waals surface area contributed by atoms with E-state index in [0.29, 0.717) is 5.75 Å². The second kappa shape index (κ2) is 5.56. The van der Waals surface area contributed by atoms with Gasteiger partial charge in [-0.2, -0.15) is 0 Å². The summed E-state index contributed by atoms with van der Waals surface area (Å²) in [5.41, 5.74) is -1.24. The number of rotatable bonds is 5. The van der Waals surface area contributed by atoms with Crippen molar-refractivity contribution in [1.29, 1.82) is 0 Å². The fraction of sp³-hybridized carbons (Fsp3) is 0.833. The van der Waals surface area contributed by atoms with Crippen molar-refractivity contribution >= 4 is 17.7 Å². The van der Waals surface area contributed by atoms with Crippen molar-refractivity contribution in [1.82, 2.24) is 0 Å². The van der Waals surface area contributed by atoms with Crippen LogP contribution >= 0.6 is 11.8 Å². The summed E-state index contributed by atoms with van der Waals surface area (Å²) in [7, 11) is 0. The van der Waals surface area contributed by atoms with Crippen LogP contribution in [0.1, 0.15) is 19.8 Å². The Morgan fingerprint density at radius 3 is 2.70 bits per heavy atom. The van der Waals surface area contributed by atoms with E-state index in [1.807, 2.05) is 6.92 Å². The second-order valence-electron chi connectivity index (χ2n) is 1.91. The van der Waals surface area contributed by atoms with Crippen LogP contribution in [0.5, 0.6) is 0 Å². The first-order chi connectivity index (χ1) is 4.68. The van der Waals surface area contributed by atoms with Crippen molar-refractivity contribution in [2.24, 2.45) is 0 Å². The minimum Gasteiger partial charge on any atom is -0.479 e. The first-order valence-electron chi connectivity index (χ1n) is 3.21. The average Bonchev–Trinajstić information content (AvgIpc) is 1.88. The van der Waals surface area contributed by atoms with Gasteiger partial charge in [-0.15, -0.1) is 11.8 Å². The van der Waals surface area contributed by atoms with Crippen LogP contribution in [0, 0.1) is 0 Å². The van der Waals surface area contributed by atoms with Crippen molar-refractivity contribution in [3.05, 3.63) is 0 Å². The van der Waals surface area contributed by atoms with Crippen molar-refractivity contribution < 1.29 is 15.0 Å². The lowest BCUT2D eigenvalue weighted by atomic mass is 10.4. The van der Waals surface area contributed by atoms with E-state index < -0.39 is 11.4 Å². The van der Waals surface area contributed by atoms with Crippen molar-refractivity contribution in [2.75, 3.05) is 5.75 Å². The molecule has 0 saturated carbocycles. The molecule has 3 nitrogen and oxygen atoms in total. The number of carboxylic acids is 1. The molecule has 60 valence electrons. The summed E-state index contributed by atoms with van der Waals surface area (Å²) in [5, 5.41) is 16.9. The largest absolute Gasteiger partial charge is 0.479 e. The molecule has 0 aliphatic carbocycles. The normalized spacial score (nSPS) is 13.0. The lowest BCUT2D eigenvalue weighted by molar-refractivity contribution is -0.141. The topological polar surface area (TPSA) is 57.5 Å². The van der Waals surface area contributed by atoms with Crippen LogP contribution < -0.4 is 0 Å². The van der Waals surface area contributed by atoms with Crippen LogP contribution in [0.2, 0.25) is 0 Å². The van der Waals surface area contributed by atoms with E-state index >= 15 is 0 Å². The Labute approximate surface area is 64.4 Å². The van der Waals surface area contributed by atoms with E-state index in [0.717, 1.165) is 24.6 Å². The SMILES string of the molecule is CCCCSC(O)C(=O)O. The first kappa shape index (κ1) is 9.78. The van der Waals surface area contributed by atoms with Gasteiger partial charge in [-0.1, -0.05) is 13.3 Å². The molecule has 0 aliphatic heterocycles. The van der Waals surface area contributed by atoms with Gasteiger partial charge in [0, 0.05) is 0 Å². The molecule has 1 atom stereocenters. The molecule has 0 heterocycles. The molecule has 0 spiro atoms. The van der Waals surface area contributed by atoms with E-state index in [1.54, 1.807) is 0 Å². The highest BCUT2D eigenvalue weighted by atomic mass is 32.2. The zero-order valence-corrected chi connectivity index (χ0v) is 6.73. The Hall–Kier alpha value is -0.220. The number of hydrogen-bond acceptors (Lipinski definition) is 3. The standard InChI is InChI=1S/C6H12O3S/c1-2-3-4-10-6(9)5(7)8/h6,9H,2-4H2,1H3,(H,7,8). The van der Waals surface area contributed by atoms with Gasteiger partial charge in [0.25, 0.3) is 0 Å². The quantitative estimate of drug-likeness (QED) is 0.468. The van der Waals surface area contributed by atoms with Gasteiger partial charge in [-0.25, -0.2) is 4.79 Å². The zero-order valence-electron chi connectivity index (χ0n) is 5.91. The molecule has 4 heteroatoms. The predicted molar refractivity (Wildman–Crippen MR) is 41.0 cm³/mol. The van der Waals surface area contributed by atoms with Crippen LogP contribution in [-0.2, 0) is 4.79 Å². The number of unbranched alkanes of at least 4 members (excludes halogenated alkanes) is 1. The molecular formula is C6H12O3S. The third-order valence-corrected chi connectivity index (χ3v) is 2.03. The van der Waals surface area contributed by atoms with Crippen LogP contribution in [0.3, 0.4) is 0 Å². The minimum atomic E-state index is -1.24. The maximum Gasteiger partial charge on any atom is 0.343 e. The van der Waals surface area contributed by atoms with Gasteiger partial charge in [-0.3, -0.25) is 0 Å². The summed E-state index contributed by atoms with van der Waals surface area (Å²) in [6, 6.07) is 0. The fourth-order valence-corrected chi connectivity index (χ4v) is 1.23. The second-order valence-corrected chi connectivity index (χ2v) is 3.10. The van der Waals surface area contributed by atoms with Gasteiger partial charge in [0.1, 0.15) is 0 Å². The summed E-state index contributed by atoms with van der Waals surface area (Å²) in [6.45, 7) is 2.02. The molecule has 0 aromatic rings. The Balaban J connectivity index is 3.21. The van der Waals surface area contributed by atoms with Crippen LogP contribution in [-0.4, -0.2) is 27.4 Å². The maximum absolute atomic E-state index is 10.0. The van der Waals surface area contributed by atoms with E-state index in [1.165, 1.54) is 0 Å². The Morgan fingerprint density at radius 1 is 1.70 bits per heavy atom. The summed E-state index contributed by atoms with van der Waals surface area (Å²) in [6.07, 6.45) is 1.98. The van der Waals surface area contributed by atoms with Crippen LogP contribution in [0.15, 0.2) is 0 Å². The monoisotopic (exact) mass is 164 g/mol. The van der Waals surface area contributed by atoms with E-state index in [-0.39, 0.29) is 0 Å². The minimum absolute atomic E-state index is 0.712. The Morgan fingerprint density at radius 2 is 2.30 bits per heavy atom. The van der Waals surface area contributed by atoms with Crippen LogP contribution in [0.4, 0.5) is 0 Å². The van der Waals surface area contributed by atoms with Crippen molar-refractivity contribution in [3.63, 3.8) is 0 Å². The lowest BCUT2D eigenvalue weighted by Gasteiger charge is -2.02. The molecule has 0 saturated heterocycles. The van der Waals surface area contributed by atoms with Crippen LogP contribution in [0.25, 0.3) is 0 Å². The van der Waals surface area contributed by atoms with Crippen molar-refractivity contribution in [3.8, 4) is 0 Å². The zero-order chi connectivity index (χ0) is 7.98. The highest BCUT2D eigenvalue weighted by Crippen LogP contribution is 2.09. The molecule has 0 aromatic heterocycles. The van der Waals surface area contributed by atoms with Gasteiger partial charge >= 0.3 is 5.97 Å². The maximum atomic E-state index is 10.0. The highest BCUT2D eigenvalue weighted by Gasteiger charge is 2.11. The molecule has 0 bridgehead atoms. The van der Waals surface area contributed by atoms with Crippen molar-refractivity contribution in [2.45, 2.75) is 25.2 Å². The molecule has 1 unspecified atom stereocenters. The van der Waals surface area contributed by atoms with Gasteiger partial charge in [0.2, 0.25) is 0 Å². The third kappa shape index (κ3) is 4.64. The molecule has 10 heavy (non-hydrogen) atoms. The summed E-state index contributed by atoms with van der Waals surface area (Å²) in [4.78, 5) is 10.0. The number of aliphatic carboxylic acids is 1. The fourth-order valence-electron chi connectivity index (χ4n) is 0.411. The molecule has 0 aromatic carbocycles. The third-order valence-electron chi connectivity index (χ3n) is 0.985. The summed E-state index contributed by atoms with van der Waals surface area (Å²) in [5.74, 6) is -0.439. The van der Waals surface area contributed by atoms with Gasteiger partial charge in [-0.05, 0) is 12.2 Å². The highest BCUT2D eigenvalue weighted by molar-refractivity contribution is 8.00. The first-order valence-corrected chi connectivity index (χ1v) is 4.25. The molecule has 0 fully saturated rings. The van der Waals surface area contributed by atoms with E-state index in [2.05, 4.69) is 0 Å². The molecular weight excluding hydrogens is 152 g/mol. The molecule has 0 amide bonds. The van der Waals surface area contributed by atoms with E-state index in [4.69, 9.17) is 10.2 Å². The van der Waals surface area contributed by atoms with Gasteiger partial charge in [0.15, 0.2) is 5.44 Å². The lowest BCUT2D eigenvalue weighted by Crippen LogP contribution is -2.15. The molecule has 0 rings (SSSR count). The summed E-state index contributed by atoms with van der Waals surface area (Å²) >= 11 is 1.07. The number of carbonyl (C=O) groups is 1. The number of aliphatic hydroxyl groups is 1. The molecule has 2 N–H and O–H groups in total. The van der Waals surface area contributed by atoms with Gasteiger partial charge in [0.05, 0.1) is 0 Å². The summed E-state index contributed by atoms with van der Waals surface area (Å²) < 4.78 is 0. The Bertz CT molecular complexity index is 105. The Kier molecular flexibility index (Phi) is 5.43. The predicted octanol–water partition coefficient (Wildman–Crippen LogP) is 0.923. The van der Waals surface area contributed by atoms with E-state index in [9.17, 15) is 4.79 Å². The number of aliphatic hydroxyl groups excluding tert-OH is 1.